The van der Waals surface area contributed by atoms with Crippen LogP contribution in [0.25, 0.3) is 0 Å². The summed E-state index contributed by atoms with van der Waals surface area (Å²) in [6, 6.07) is 5.95. The number of nitro benzene ring substituents is 1. The molecule has 0 saturated heterocycles. The van der Waals surface area contributed by atoms with E-state index < -0.39 is 16.0 Å². The van der Waals surface area contributed by atoms with Crippen LogP contribution in [0.5, 0.6) is 0 Å². The molecule has 1 aromatic rings. The third-order valence-corrected chi connectivity index (χ3v) is 2.27. The van der Waals surface area contributed by atoms with E-state index in [1.54, 1.807) is 12.1 Å². The van der Waals surface area contributed by atoms with Crippen LogP contribution >= 0.6 is 0 Å². The standard InChI is InChI=1S/C8H9NO4S/c10-9(11)8-3-1-7(2-4-8)5-6-14(12)13/h1-4H,5-6H2,(H,12,13). The molecule has 0 amide bonds. The van der Waals surface area contributed by atoms with Crippen LogP contribution in [0.2, 0.25) is 0 Å². The lowest BCUT2D eigenvalue weighted by Crippen LogP contribution is -1.99. The summed E-state index contributed by atoms with van der Waals surface area (Å²) in [4.78, 5) is 9.82. The van der Waals surface area contributed by atoms with Crippen LogP contribution in [-0.2, 0) is 17.5 Å². The maximum absolute atomic E-state index is 10.4. The number of non-ortho nitro benzene ring substituents is 1. The van der Waals surface area contributed by atoms with Gasteiger partial charge in [0.05, 0.1) is 10.7 Å². The van der Waals surface area contributed by atoms with Gasteiger partial charge < -0.3 is 4.55 Å². The van der Waals surface area contributed by atoms with Gasteiger partial charge in [-0.15, -0.1) is 0 Å². The van der Waals surface area contributed by atoms with Crippen molar-refractivity contribution in [3.05, 3.63) is 39.9 Å². The van der Waals surface area contributed by atoms with E-state index in [2.05, 4.69) is 0 Å². The van der Waals surface area contributed by atoms with E-state index in [1.165, 1.54) is 12.1 Å². The van der Waals surface area contributed by atoms with Crippen molar-refractivity contribution in [3.8, 4) is 0 Å². The Morgan fingerprint density at radius 1 is 1.36 bits per heavy atom. The predicted octanol–water partition coefficient (Wildman–Crippen LogP) is 1.36. The molecule has 0 bridgehead atoms. The molecule has 0 fully saturated rings. The van der Waals surface area contributed by atoms with Crippen molar-refractivity contribution in [2.45, 2.75) is 6.42 Å². The van der Waals surface area contributed by atoms with Gasteiger partial charge in [0.15, 0.2) is 11.1 Å². The molecule has 0 aliphatic heterocycles. The van der Waals surface area contributed by atoms with Crippen molar-refractivity contribution in [3.63, 3.8) is 0 Å². The van der Waals surface area contributed by atoms with E-state index in [-0.39, 0.29) is 11.4 Å². The molecule has 0 aliphatic carbocycles. The summed E-state index contributed by atoms with van der Waals surface area (Å²) in [5, 5.41) is 10.3. The molecular formula is C8H9NO4S. The van der Waals surface area contributed by atoms with E-state index >= 15 is 0 Å². The molecule has 1 rings (SSSR count). The number of rotatable bonds is 4. The zero-order chi connectivity index (χ0) is 10.6. The van der Waals surface area contributed by atoms with Gasteiger partial charge in [0.1, 0.15) is 0 Å². The molecule has 1 unspecified atom stereocenters. The fourth-order valence-corrected chi connectivity index (χ4v) is 1.40. The van der Waals surface area contributed by atoms with Gasteiger partial charge in [-0.05, 0) is 12.0 Å². The van der Waals surface area contributed by atoms with Crippen molar-refractivity contribution in [2.75, 3.05) is 5.75 Å². The van der Waals surface area contributed by atoms with Crippen LogP contribution in [0.4, 0.5) is 5.69 Å². The summed E-state index contributed by atoms with van der Waals surface area (Å²) >= 11 is -1.81. The minimum Gasteiger partial charge on any atom is -0.306 e. The molecule has 1 aromatic carbocycles. The fourth-order valence-electron chi connectivity index (χ4n) is 0.989. The van der Waals surface area contributed by atoms with E-state index in [4.69, 9.17) is 4.55 Å². The highest BCUT2D eigenvalue weighted by atomic mass is 32.2. The highest BCUT2D eigenvalue weighted by Gasteiger charge is 2.04. The molecule has 0 heterocycles. The Morgan fingerprint density at radius 3 is 2.36 bits per heavy atom. The Bertz CT molecular complexity index is 349. The average molecular weight is 215 g/mol. The maximum atomic E-state index is 10.4. The van der Waals surface area contributed by atoms with Gasteiger partial charge >= 0.3 is 0 Å². The lowest BCUT2D eigenvalue weighted by molar-refractivity contribution is -0.384. The second-order valence-corrected chi connectivity index (χ2v) is 3.75. The zero-order valence-electron chi connectivity index (χ0n) is 7.25. The number of benzene rings is 1. The first-order valence-electron chi connectivity index (χ1n) is 3.90. The first-order chi connectivity index (χ1) is 6.59. The maximum Gasteiger partial charge on any atom is 0.269 e. The van der Waals surface area contributed by atoms with Gasteiger partial charge in [-0.1, -0.05) is 12.1 Å². The summed E-state index contributed by atoms with van der Waals surface area (Å²) in [5.41, 5.74) is 0.844. The third-order valence-electron chi connectivity index (χ3n) is 1.71. The molecule has 0 aliphatic rings. The van der Waals surface area contributed by atoms with Gasteiger partial charge in [-0.25, -0.2) is 4.21 Å². The topological polar surface area (TPSA) is 80.4 Å². The summed E-state index contributed by atoms with van der Waals surface area (Å²) in [6.45, 7) is 0. The van der Waals surface area contributed by atoms with Crippen LogP contribution < -0.4 is 0 Å². The molecule has 1 atom stereocenters. The zero-order valence-corrected chi connectivity index (χ0v) is 8.07. The van der Waals surface area contributed by atoms with Crippen molar-refractivity contribution in [2.24, 2.45) is 0 Å². The van der Waals surface area contributed by atoms with Crippen LogP contribution in [0.15, 0.2) is 24.3 Å². The highest BCUT2D eigenvalue weighted by molar-refractivity contribution is 7.79. The van der Waals surface area contributed by atoms with Crippen molar-refractivity contribution in [1.82, 2.24) is 0 Å². The number of hydrogen-bond donors (Lipinski definition) is 1. The van der Waals surface area contributed by atoms with E-state index in [1.807, 2.05) is 0 Å². The summed E-state index contributed by atoms with van der Waals surface area (Å²) in [6.07, 6.45) is 0.446. The SMILES string of the molecule is O=[N+]([O-])c1ccc(CCS(=O)O)cc1. The molecule has 5 nitrogen and oxygen atoms in total. The van der Waals surface area contributed by atoms with Crippen molar-refractivity contribution >= 4 is 16.8 Å². The molecular weight excluding hydrogens is 206 g/mol. The second-order valence-electron chi connectivity index (χ2n) is 2.70. The quantitative estimate of drug-likeness (QED) is 0.467. The summed E-state index contributed by atoms with van der Waals surface area (Å²) in [5.74, 6) is 0.151. The molecule has 0 aromatic heterocycles. The molecule has 6 heteroatoms. The molecule has 1 N–H and O–H groups in total. The van der Waals surface area contributed by atoms with Crippen LogP contribution in [0.3, 0.4) is 0 Å². The smallest absolute Gasteiger partial charge is 0.269 e. The van der Waals surface area contributed by atoms with Crippen LogP contribution in [0, 0.1) is 10.1 Å². The number of hydrogen-bond acceptors (Lipinski definition) is 3. The van der Waals surface area contributed by atoms with Crippen LogP contribution in [-0.4, -0.2) is 19.4 Å². The van der Waals surface area contributed by atoms with E-state index in [9.17, 15) is 14.3 Å². The van der Waals surface area contributed by atoms with Crippen molar-refractivity contribution in [1.29, 1.82) is 0 Å². The normalized spacial score (nSPS) is 12.4. The van der Waals surface area contributed by atoms with Gasteiger partial charge in [0.25, 0.3) is 5.69 Å². The first kappa shape index (κ1) is 10.8. The van der Waals surface area contributed by atoms with Gasteiger partial charge in [0.2, 0.25) is 0 Å². The largest absolute Gasteiger partial charge is 0.306 e. The number of aryl methyl sites for hydroxylation is 1. The van der Waals surface area contributed by atoms with E-state index in [0.717, 1.165) is 5.56 Å². The number of nitro groups is 1. The summed E-state index contributed by atoms with van der Waals surface area (Å²) in [7, 11) is 0. The fraction of sp³-hybridized carbons (Fsp3) is 0.250. The first-order valence-corrected chi connectivity index (χ1v) is 5.18. The minimum absolute atomic E-state index is 0.0267. The molecule has 0 saturated carbocycles. The lowest BCUT2D eigenvalue weighted by atomic mass is 10.1. The Kier molecular flexibility index (Phi) is 3.73. The monoisotopic (exact) mass is 215 g/mol. The summed E-state index contributed by atoms with van der Waals surface area (Å²) < 4.78 is 18.9. The molecule has 14 heavy (non-hydrogen) atoms. The minimum atomic E-state index is -1.81. The molecule has 76 valence electrons. The molecule has 0 spiro atoms. The Balaban J connectivity index is 2.64. The average Bonchev–Trinajstić information content (AvgIpc) is 2.15. The molecule has 0 radical (unpaired) electrons. The van der Waals surface area contributed by atoms with Gasteiger partial charge in [-0.3, -0.25) is 10.1 Å². The van der Waals surface area contributed by atoms with E-state index in [0.29, 0.717) is 6.42 Å². The van der Waals surface area contributed by atoms with Crippen molar-refractivity contribution < 1.29 is 13.7 Å². The van der Waals surface area contributed by atoms with Gasteiger partial charge in [-0.2, -0.15) is 0 Å². The van der Waals surface area contributed by atoms with Crippen LogP contribution in [0.1, 0.15) is 5.56 Å². The lowest BCUT2D eigenvalue weighted by Gasteiger charge is -1.97. The number of nitrogens with zero attached hydrogens (tertiary/aromatic N) is 1. The predicted molar refractivity (Wildman–Crippen MR) is 52.4 cm³/mol. The Labute approximate surface area is 83.2 Å². The second kappa shape index (κ2) is 4.83. The Morgan fingerprint density at radius 2 is 1.93 bits per heavy atom. The Hall–Kier alpha value is -1.27. The van der Waals surface area contributed by atoms with Gasteiger partial charge in [0, 0.05) is 12.1 Å². The highest BCUT2D eigenvalue weighted by Crippen LogP contribution is 2.12. The third kappa shape index (κ3) is 3.23.